The monoisotopic (exact) mass is 323 g/mol. The zero-order valence-corrected chi connectivity index (χ0v) is 13.2. The lowest BCUT2D eigenvalue weighted by molar-refractivity contribution is -0.137. The summed E-state index contributed by atoms with van der Waals surface area (Å²) >= 11 is 0. The van der Waals surface area contributed by atoms with Crippen molar-refractivity contribution in [1.82, 2.24) is 5.32 Å². The number of carboxylic acids is 1. The number of nitrogens with one attached hydrogen (secondary N) is 1. The number of para-hydroxylation sites is 1. The van der Waals surface area contributed by atoms with Gasteiger partial charge in [-0.1, -0.05) is 48.5 Å². The number of carbonyl (C=O) groups is 2. The van der Waals surface area contributed by atoms with Gasteiger partial charge < -0.3 is 14.8 Å². The zero-order valence-electron chi connectivity index (χ0n) is 13.2. The number of hydrogen-bond acceptors (Lipinski definition) is 3. The topological polar surface area (TPSA) is 79.5 Å². The van der Waals surface area contributed by atoms with Crippen LogP contribution >= 0.6 is 0 Å². The lowest BCUT2D eigenvalue weighted by atomic mass is 10.0. The van der Waals surface area contributed by atoms with Crippen LogP contribution in [0, 0.1) is 6.92 Å². The first-order valence-corrected chi connectivity index (χ1v) is 7.62. The van der Waals surface area contributed by atoms with Crippen molar-refractivity contribution in [1.29, 1.82) is 0 Å². The average molecular weight is 323 g/mol. The third kappa shape index (κ3) is 3.15. The first-order valence-electron chi connectivity index (χ1n) is 7.62. The number of carbonyl (C=O) groups excluding carboxylic acids is 1. The molecule has 0 aliphatic heterocycles. The molecule has 1 amide bonds. The van der Waals surface area contributed by atoms with E-state index in [0.717, 1.165) is 16.5 Å². The maximum atomic E-state index is 12.6. The fourth-order valence-electron chi connectivity index (χ4n) is 2.73. The van der Waals surface area contributed by atoms with Crippen LogP contribution in [0.5, 0.6) is 0 Å². The number of benzene rings is 2. The van der Waals surface area contributed by atoms with E-state index in [0.29, 0.717) is 5.58 Å². The number of hydrogen-bond donors (Lipinski definition) is 2. The van der Waals surface area contributed by atoms with Crippen LogP contribution in [0.4, 0.5) is 0 Å². The normalized spacial score (nSPS) is 12.0. The van der Waals surface area contributed by atoms with Gasteiger partial charge in [-0.3, -0.25) is 9.59 Å². The SMILES string of the molecule is Cc1c(C(=O)N[C@H](CC(=O)O)c2ccccc2)oc2ccccc12. The maximum absolute atomic E-state index is 12.6. The summed E-state index contributed by atoms with van der Waals surface area (Å²) in [6, 6.07) is 15.8. The van der Waals surface area contributed by atoms with Crippen LogP contribution in [0.1, 0.15) is 34.1 Å². The van der Waals surface area contributed by atoms with Crippen molar-refractivity contribution in [2.45, 2.75) is 19.4 Å². The van der Waals surface area contributed by atoms with Gasteiger partial charge in [-0.05, 0) is 18.6 Å². The van der Waals surface area contributed by atoms with Crippen LogP contribution in [0.3, 0.4) is 0 Å². The van der Waals surface area contributed by atoms with Crippen LogP contribution in [-0.2, 0) is 4.79 Å². The summed E-state index contributed by atoms with van der Waals surface area (Å²) in [5.74, 6) is -1.19. The molecule has 0 aliphatic rings. The standard InChI is InChI=1S/C19H17NO4/c1-12-14-9-5-6-10-16(14)24-18(12)19(23)20-15(11-17(21)22)13-7-3-2-4-8-13/h2-10,15H,11H2,1H3,(H,20,23)(H,21,22)/t15-/m1/s1. The van der Waals surface area contributed by atoms with E-state index in [1.54, 1.807) is 18.2 Å². The minimum Gasteiger partial charge on any atom is -0.481 e. The quantitative estimate of drug-likeness (QED) is 0.750. The molecule has 2 N–H and O–H groups in total. The van der Waals surface area contributed by atoms with E-state index >= 15 is 0 Å². The van der Waals surface area contributed by atoms with E-state index in [1.807, 2.05) is 43.3 Å². The van der Waals surface area contributed by atoms with Crippen molar-refractivity contribution in [3.05, 3.63) is 71.5 Å². The molecule has 0 saturated carbocycles. The van der Waals surface area contributed by atoms with E-state index in [2.05, 4.69) is 5.32 Å². The summed E-state index contributed by atoms with van der Waals surface area (Å²) in [6.07, 6.45) is -0.199. The van der Waals surface area contributed by atoms with Crippen LogP contribution in [0.15, 0.2) is 59.0 Å². The van der Waals surface area contributed by atoms with Gasteiger partial charge in [-0.15, -0.1) is 0 Å². The third-order valence-corrected chi connectivity index (χ3v) is 3.94. The van der Waals surface area contributed by atoms with E-state index < -0.39 is 17.9 Å². The third-order valence-electron chi connectivity index (χ3n) is 3.94. The summed E-state index contributed by atoms with van der Waals surface area (Å²) in [5.41, 5.74) is 2.11. The fourth-order valence-corrected chi connectivity index (χ4v) is 2.73. The van der Waals surface area contributed by atoms with Gasteiger partial charge >= 0.3 is 5.97 Å². The molecule has 0 fully saturated rings. The lowest BCUT2D eigenvalue weighted by Crippen LogP contribution is -2.30. The minimum absolute atomic E-state index is 0.199. The molecule has 3 aromatic rings. The number of aryl methyl sites for hydroxylation is 1. The van der Waals surface area contributed by atoms with Crippen LogP contribution < -0.4 is 5.32 Å². The van der Waals surface area contributed by atoms with Gasteiger partial charge in [0.05, 0.1) is 12.5 Å². The average Bonchev–Trinajstić information content (AvgIpc) is 2.92. The molecule has 0 aliphatic carbocycles. The summed E-state index contributed by atoms with van der Waals surface area (Å²) in [4.78, 5) is 23.7. The zero-order chi connectivity index (χ0) is 17.1. The largest absolute Gasteiger partial charge is 0.481 e. The van der Waals surface area contributed by atoms with E-state index in [4.69, 9.17) is 9.52 Å². The smallest absolute Gasteiger partial charge is 0.305 e. The summed E-state index contributed by atoms with van der Waals surface area (Å²) in [7, 11) is 0. The molecule has 1 heterocycles. The van der Waals surface area contributed by atoms with E-state index in [-0.39, 0.29) is 12.2 Å². The van der Waals surface area contributed by atoms with Gasteiger partial charge in [-0.2, -0.15) is 0 Å². The highest BCUT2D eigenvalue weighted by Gasteiger charge is 2.23. The number of fused-ring (bicyclic) bond motifs is 1. The van der Waals surface area contributed by atoms with E-state index in [1.165, 1.54) is 0 Å². The molecule has 5 heteroatoms. The second-order valence-electron chi connectivity index (χ2n) is 5.59. The van der Waals surface area contributed by atoms with E-state index in [9.17, 15) is 9.59 Å². The maximum Gasteiger partial charge on any atom is 0.305 e. The van der Waals surface area contributed by atoms with Gasteiger partial charge in [0.15, 0.2) is 5.76 Å². The molecule has 0 radical (unpaired) electrons. The first-order chi connectivity index (χ1) is 11.6. The molecule has 1 atom stereocenters. The highest BCUT2D eigenvalue weighted by atomic mass is 16.4. The molecule has 122 valence electrons. The number of furan rings is 1. The Morgan fingerprint density at radius 3 is 2.42 bits per heavy atom. The Bertz CT molecular complexity index is 883. The van der Waals surface area contributed by atoms with Gasteiger partial charge in [0.25, 0.3) is 5.91 Å². The molecule has 0 bridgehead atoms. The highest BCUT2D eigenvalue weighted by molar-refractivity contribution is 5.99. The number of carboxylic acid groups (broad SMARTS) is 1. The second-order valence-corrected chi connectivity index (χ2v) is 5.59. The van der Waals surface area contributed by atoms with Crippen molar-refractivity contribution in [2.75, 3.05) is 0 Å². The molecular formula is C19H17NO4. The lowest BCUT2D eigenvalue weighted by Gasteiger charge is -2.16. The van der Waals surface area contributed by atoms with Crippen molar-refractivity contribution < 1.29 is 19.1 Å². The molecule has 0 spiro atoms. The van der Waals surface area contributed by atoms with Gasteiger partial charge in [0.2, 0.25) is 0 Å². The van der Waals surface area contributed by atoms with Crippen LogP contribution in [0.2, 0.25) is 0 Å². The molecular weight excluding hydrogens is 306 g/mol. The Morgan fingerprint density at radius 2 is 1.75 bits per heavy atom. The molecule has 1 aromatic heterocycles. The fraction of sp³-hybridized carbons (Fsp3) is 0.158. The molecule has 3 rings (SSSR count). The second kappa shape index (κ2) is 6.58. The summed E-state index contributed by atoms with van der Waals surface area (Å²) in [5, 5.41) is 12.8. The van der Waals surface area contributed by atoms with Crippen molar-refractivity contribution in [2.24, 2.45) is 0 Å². The first kappa shape index (κ1) is 15.8. The van der Waals surface area contributed by atoms with Crippen molar-refractivity contribution in [3.63, 3.8) is 0 Å². The van der Waals surface area contributed by atoms with Crippen molar-refractivity contribution in [3.8, 4) is 0 Å². The number of aliphatic carboxylic acids is 1. The highest BCUT2D eigenvalue weighted by Crippen LogP contribution is 2.26. The Hall–Kier alpha value is -3.08. The summed E-state index contributed by atoms with van der Waals surface area (Å²) in [6.45, 7) is 1.81. The molecule has 24 heavy (non-hydrogen) atoms. The Morgan fingerprint density at radius 1 is 1.08 bits per heavy atom. The molecule has 0 saturated heterocycles. The van der Waals surface area contributed by atoms with Gasteiger partial charge in [-0.25, -0.2) is 0 Å². The van der Waals surface area contributed by atoms with Gasteiger partial charge in [0.1, 0.15) is 5.58 Å². The number of amides is 1. The van der Waals surface area contributed by atoms with Gasteiger partial charge in [0, 0.05) is 10.9 Å². The number of rotatable bonds is 5. The molecule has 0 unspecified atom stereocenters. The molecule has 2 aromatic carbocycles. The summed E-state index contributed by atoms with van der Waals surface area (Å²) < 4.78 is 5.64. The van der Waals surface area contributed by atoms with Crippen molar-refractivity contribution >= 4 is 22.8 Å². The Balaban J connectivity index is 1.90. The van der Waals surface area contributed by atoms with Crippen LogP contribution in [0.25, 0.3) is 11.0 Å². The predicted octanol–water partition coefficient (Wildman–Crippen LogP) is 3.69. The molecule has 5 nitrogen and oxygen atoms in total. The Labute approximate surface area is 138 Å². The van der Waals surface area contributed by atoms with Crippen LogP contribution in [-0.4, -0.2) is 17.0 Å². The minimum atomic E-state index is -0.981. The predicted molar refractivity (Wildman–Crippen MR) is 89.9 cm³/mol. The Kier molecular flexibility index (Phi) is 4.33.